The first-order valence-electron chi connectivity index (χ1n) is 7.28. The molecule has 0 bridgehead atoms. The number of carbonyl (C=O) groups is 1. The quantitative estimate of drug-likeness (QED) is 0.457. The van der Waals surface area contributed by atoms with Gasteiger partial charge >= 0.3 is 0 Å². The van der Waals surface area contributed by atoms with Crippen LogP contribution in [0.5, 0.6) is 0 Å². The van der Waals surface area contributed by atoms with Gasteiger partial charge in [-0.05, 0) is 19.3 Å². The average molecular weight is 224 g/mol. The van der Waals surface area contributed by atoms with Gasteiger partial charge in [-0.3, -0.25) is 0 Å². The zero-order valence-electron chi connectivity index (χ0n) is 11.0. The third-order valence-corrected chi connectivity index (χ3v) is 3.59. The zero-order valence-corrected chi connectivity index (χ0v) is 11.0. The molecule has 1 nitrogen and oxygen atoms in total. The fourth-order valence-electron chi connectivity index (χ4n) is 2.27. The first kappa shape index (κ1) is 13.7. The fraction of sp³-hybridized carbons (Fsp3) is 0.933. The summed E-state index contributed by atoms with van der Waals surface area (Å²) in [4.78, 5) is 10.7. The van der Waals surface area contributed by atoms with Gasteiger partial charge in [0.05, 0.1) is 0 Å². The van der Waals surface area contributed by atoms with E-state index in [0.717, 1.165) is 18.8 Å². The number of rotatable bonds is 11. The molecule has 1 aliphatic rings. The SMILES string of the molecule is CC(=O)CCCCCCCCCCC1CC1. The number of hydrogen-bond acceptors (Lipinski definition) is 1. The van der Waals surface area contributed by atoms with E-state index in [1.54, 1.807) is 6.92 Å². The molecule has 0 saturated heterocycles. The summed E-state index contributed by atoms with van der Waals surface area (Å²) >= 11 is 0. The fourth-order valence-corrected chi connectivity index (χ4v) is 2.27. The molecule has 0 aromatic rings. The maximum atomic E-state index is 10.7. The molecule has 16 heavy (non-hydrogen) atoms. The van der Waals surface area contributed by atoms with Gasteiger partial charge in [-0.25, -0.2) is 0 Å². The van der Waals surface area contributed by atoms with Crippen molar-refractivity contribution in [1.82, 2.24) is 0 Å². The number of ketones is 1. The van der Waals surface area contributed by atoms with Crippen molar-refractivity contribution in [2.45, 2.75) is 84.0 Å². The summed E-state index contributed by atoms with van der Waals surface area (Å²) in [6.45, 7) is 1.69. The van der Waals surface area contributed by atoms with E-state index in [-0.39, 0.29) is 0 Å². The molecule has 0 aliphatic heterocycles. The minimum absolute atomic E-state index is 0.347. The maximum absolute atomic E-state index is 10.7. The summed E-state index contributed by atoms with van der Waals surface area (Å²) in [5.41, 5.74) is 0. The Hall–Kier alpha value is -0.330. The summed E-state index contributed by atoms with van der Waals surface area (Å²) in [7, 11) is 0. The van der Waals surface area contributed by atoms with Gasteiger partial charge in [0.15, 0.2) is 0 Å². The first-order valence-corrected chi connectivity index (χ1v) is 7.28. The Labute approximate surface area is 101 Å². The van der Waals surface area contributed by atoms with Crippen molar-refractivity contribution in [3.63, 3.8) is 0 Å². The molecule has 0 N–H and O–H groups in total. The lowest BCUT2D eigenvalue weighted by molar-refractivity contribution is -0.117. The molecule has 1 saturated carbocycles. The van der Waals surface area contributed by atoms with Crippen LogP contribution >= 0.6 is 0 Å². The highest BCUT2D eigenvalue weighted by molar-refractivity contribution is 5.75. The maximum Gasteiger partial charge on any atom is 0.129 e. The van der Waals surface area contributed by atoms with Crippen LogP contribution in [0.25, 0.3) is 0 Å². The summed E-state index contributed by atoms with van der Waals surface area (Å²) in [5.74, 6) is 1.46. The second-order valence-corrected chi connectivity index (χ2v) is 5.51. The van der Waals surface area contributed by atoms with Gasteiger partial charge in [0.25, 0.3) is 0 Å². The van der Waals surface area contributed by atoms with E-state index in [2.05, 4.69) is 0 Å². The van der Waals surface area contributed by atoms with E-state index < -0.39 is 0 Å². The zero-order chi connectivity index (χ0) is 11.6. The Morgan fingerprint density at radius 2 is 1.38 bits per heavy atom. The molecule has 1 rings (SSSR count). The second kappa shape index (κ2) is 8.78. The van der Waals surface area contributed by atoms with E-state index in [4.69, 9.17) is 0 Å². The first-order chi connectivity index (χ1) is 7.79. The average Bonchev–Trinajstić information content (AvgIpc) is 3.04. The summed E-state index contributed by atoms with van der Waals surface area (Å²) < 4.78 is 0. The number of Topliss-reactive ketones (excluding diaryl/α,β-unsaturated/α-hetero) is 1. The molecular weight excluding hydrogens is 196 g/mol. The van der Waals surface area contributed by atoms with Crippen LogP contribution in [-0.2, 0) is 4.79 Å². The largest absolute Gasteiger partial charge is 0.300 e. The molecule has 0 aromatic carbocycles. The summed E-state index contributed by atoms with van der Waals surface area (Å²) in [6, 6.07) is 0. The molecule has 0 aromatic heterocycles. The Morgan fingerprint density at radius 1 is 0.875 bits per heavy atom. The lowest BCUT2D eigenvalue weighted by Crippen LogP contribution is -1.89. The predicted octanol–water partition coefficient (Wildman–Crippen LogP) is 4.89. The van der Waals surface area contributed by atoms with Crippen molar-refractivity contribution in [2.75, 3.05) is 0 Å². The Morgan fingerprint density at radius 3 is 1.88 bits per heavy atom. The van der Waals surface area contributed by atoms with Gasteiger partial charge < -0.3 is 4.79 Å². The van der Waals surface area contributed by atoms with Crippen LogP contribution in [0.2, 0.25) is 0 Å². The van der Waals surface area contributed by atoms with Crippen LogP contribution in [-0.4, -0.2) is 5.78 Å². The smallest absolute Gasteiger partial charge is 0.129 e. The van der Waals surface area contributed by atoms with Gasteiger partial charge in [0.1, 0.15) is 5.78 Å². The van der Waals surface area contributed by atoms with Crippen LogP contribution in [0.3, 0.4) is 0 Å². The summed E-state index contributed by atoms with van der Waals surface area (Å²) in [6.07, 6.45) is 16.1. The van der Waals surface area contributed by atoms with E-state index in [1.165, 1.54) is 64.2 Å². The molecule has 0 spiro atoms. The van der Waals surface area contributed by atoms with Crippen LogP contribution in [0.1, 0.15) is 84.0 Å². The van der Waals surface area contributed by atoms with Crippen molar-refractivity contribution in [3.8, 4) is 0 Å². The molecule has 0 radical (unpaired) electrons. The second-order valence-electron chi connectivity index (χ2n) is 5.51. The lowest BCUT2D eigenvalue weighted by Gasteiger charge is -2.01. The number of hydrogen-bond donors (Lipinski definition) is 0. The highest BCUT2D eigenvalue weighted by atomic mass is 16.1. The Balaban J connectivity index is 1.66. The Bertz CT molecular complexity index is 182. The van der Waals surface area contributed by atoms with Crippen molar-refractivity contribution >= 4 is 5.78 Å². The molecular formula is C15H28O. The van der Waals surface area contributed by atoms with Crippen LogP contribution in [0, 0.1) is 5.92 Å². The van der Waals surface area contributed by atoms with Gasteiger partial charge in [-0.1, -0.05) is 64.2 Å². The topological polar surface area (TPSA) is 17.1 Å². The number of unbranched alkanes of at least 4 members (excludes halogenated alkanes) is 7. The van der Waals surface area contributed by atoms with Gasteiger partial charge in [-0.15, -0.1) is 0 Å². The van der Waals surface area contributed by atoms with Crippen molar-refractivity contribution in [3.05, 3.63) is 0 Å². The van der Waals surface area contributed by atoms with Crippen molar-refractivity contribution in [1.29, 1.82) is 0 Å². The molecule has 0 unspecified atom stereocenters. The van der Waals surface area contributed by atoms with Crippen LogP contribution in [0.15, 0.2) is 0 Å². The Kier molecular flexibility index (Phi) is 7.54. The van der Waals surface area contributed by atoms with Gasteiger partial charge in [0, 0.05) is 6.42 Å². The minimum Gasteiger partial charge on any atom is -0.300 e. The molecule has 94 valence electrons. The normalized spacial score (nSPS) is 15.3. The van der Waals surface area contributed by atoms with Gasteiger partial charge in [-0.2, -0.15) is 0 Å². The molecule has 0 amide bonds. The van der Waals surface area contributed by atoms with E-state index in [9.17, 15) is 4.79 Å². The van der Waals surface area contributed by atoms with Gasteiger partial charge in [0.2, 0.25) is 0 Å². The van der Waals surface area contributed by atoms with Crippen molar-refractivity contribution in [2.24, 2.45) is 5.92 Å². The molecule has 1 heteroatoms. The highest BCUT2D eigenvalue weighted by Crippen LogP contribution is 2.34. The third-order valence-electron chi connectivity index (χ3n) is 3.59. The van der Waals surface area contributed by atoms with Crippen LogP contribution < -0.4 is 0 Å². The van der Waals surface area contributed by atoms with E-state index >= 15 is 0 Å². The van der Waals surface area contributed by atoms with Crippen LogP contribution in [0.4, 0.5) is 0 Å². The highest BCUT2D eigenvalue weighted by Gasteiger charge is 2.19. The molecule has 0 atom stereocenters. The minimum atomic E-state index is 0.347. The predicted molar refractivity (Wildman–Crippen MR) is 69.6 cm³/mol. The molecule has 1 fully saturated rings. The monoisotopic (exact) mass is 224 g/mol. The number of carbonyl (C=O) groups excluding carboxylic acids is 1. The standard InChI is InChI=1S/C15H28O/c1-14(16)10-8-6-4-2-3-5-7-9-11-15-12-13-15/h15H,2-13H2,1H3. The third kappa shape index (κ3) is 8.94. The summed E-state index contributed by atoms with van der Waals surface area (Å²) in [5, 5.41) is 0. The molecule has 1 aliphatic carbocycles. The molecule has 0 heterocycles. The van der Waals surface area contributed by atoms with E-state index in [1.807, 2.05) is 0 Å². The van der Waals surface area contributed by atoms with Crippen molar-refractivity contribution < 1.29 is 4.79 Å². The van der Waals surface area contributed by atoms with E-state index in [0.29, 0.717) is 5.78 Å². The lowest BCUT2D eigenvalue weighted by atomic mass is 10.0.